The lowest BCUT2D eigenvalue weighted by atomic mass is 9.92. The maximum Gasteiger partial charge on any atom is 0.325 e. The molecule has 0 bridgehead atoms. The van der Waals surface area contributed by atoms with Crippen LogP contribution >= 0.6 is 0 Å². The quantitative estimate of drug-likeness (QED) is 0.822. The Morgan fingerprint density at radius 1 is 1.22 bits per heavy atom. The van der Waals surface area contributed by atoms with Gasteiger partial charge in [0.15, 0.2) is 0 Å². The summed E-state index contributed by atoms with van der Waals surface area (Å²) in [4.78, 5) is 40.8. The Morgan fingerprint density at radius 2 is 1.89 bits per heavy atom. The van der Waals surface area contributed by atoms with E-state index >= 15 is 0 Å². The highest BCUT2D eigenvalue weighted by Crippen LogP contribution is 2.32. The van der Waals surface area contributed by atoms with E-state index in [0.29, 0.717) is 23.6 Å². The van der Waals surface area contributed by atoms with E-state index in [9.17, 15) is 14.4 Å². The first-order valence-corrected chi connectivity index (χ1v) is 8.85. The lowest BCUT2D eigenvalue weighted by molar-refractivity contribution is -0.134. The van der Waals surface area contributed by atoms with Gasteiger partial charge in [0.05, 0.1) is 0 Å². The first kappa shape index (κ1) is 18.7. The van der Waals surface area contributed by atoms with E-state index in [2.05, 4.69) is 5.32 Å². The molecule has 1 aromatic carbocycles. The molecule has 0 saturated carbocycles. The number of benzene rings is 1. The second-order valence-electron chi connectivity index (χ2n) is 6.75. The van der Waals surface area contributed by atoms with E-state index < -0.39 is 17.5 Å². The van der Waals surface area contributed by atoms with Gasteiger partial charge in [0.25, 0.3) is 5.91 Å². The molecular weight excluding hydrogens is 346 g/mol. The fraction of sp³-hybridized carbons (Fsp3) is 0.350. The van der Waals surface area contributed by atoms with Crippen LogP contribution in [0.1, 0.15) is 30.9 Å². The smallest absolute Gasteiger partial charge is 0.325 e. The van der Waals surface area contributed by atoms with Gasteiger partial charge in [-0.3, -0.25) is 14.5 Å². The van der Waals surface area contributed by atoms with Crippen molar-refractivity contribution >= 4 is 23.5 Å². The maximum atomic E-state index is 13.0. The molecule has 1 saturated heterocycles. The SMILES string of the molecule is CCN(C(=O)CN1C(=O)NC(C)(c2cc(C)oc2C)C1=O)c1ccccc1. The molecule has 2 aromatic rings. The summed E-state index contributed by atoms with van der Waals surface area (Å²) in [6.07, 6.45) is 0. The van der Waals surface area contributed by atoms with Gasteiger partial charge in [0.2, 0.25) is 5.91 Å². The van der Waals surface area contributed by atoms with Crippen LogP contribution in [-0.2, 0) is 15.1 Å². The van der Waals surface area contributed by atoms with Crippen molar-refractivity contribution in [3.63, 3.8) is 0 Å². The number of carbonyl (C=O) groups excluding carboxylic acids is 3. The third kappa shape index (κ3) is 3.20. The summed E-state index contributed by atoms with van der Waals surface area (Å²) in [6.45, 7) is 7.11. The number of nitrogens with one attached hydrogen (secondary N) is 1. The summed E-state index contributed by atoms with van der Waals surface area (Å²) in [7, 11) is 0. The number of likely N-dealkylation sites (N-methyl/N-ethyl adjacent to an activating group) is 1. The van der Waals surface area contributed by atoms with Crippen molar-refractivity contribution in [2.45, 2.75) is 33.2 Å². The average molecular weight is 369 g/mol. The van der Waals surface area contributed by atoms with E-state index in [-0.39, 0.29) is 12.5 Å². The predicted molar refractivity (Wildman–Crippen MR) is 100 cm³/mol. The standard InChI is InChI=1S/C20H23N3O4/c1-5-22(15-9-7-6-8-10-15)17(24)12-23-18(25)20(4,21-19(23)26)16-11-13(2)27-14(16)3/h6-11H,5,12H2,1-4H3,(H,21,26). The third-order valence-corrected chi connectivity index (χ3v) is 4.83. The number of nitrogens with zero attached hydrogens (tertiary/aromatic N) is 2. The van der Waals surface area contributed by atoms with Crippen LogP contribution in [0.5, 0.6) is 0 Å². The number of anilines is 1. The summed E-state index contributed by atoms with van der Waals surface area (Å²) in [6, 6.07) is 10.3. The van der Waals surface area contributed by atoms with Crippen molar-refractivity contribution in [3.8, 4) is 0 Å². The lowest BCUT2D eigenvalue weighted by Gasteiger charge is -2.24. The lowest BCUT2D eigenvalue weighted by Crippen LogP contribution is -2.44. The van der Waals surface area contributed by atoms with E-state index in [1.165, 1.54) is 0 Å². The predicted octanol–water partition coefficient (Wildman–Crippen LogP) is 2.72. The number of hydrogen-bond donors (Lipinski definition) is 1. The van der Waals surface area contributed by atoms with Gasteiger partial charge in [-0.25, -0.2) is 4.79 Å². The van der Waals surface area contributed by atoms with Gasteiger partial charge < -0.3 is 14.6 Å². The van der Waals surface area contributed by atoms with Crippen molar-refractivity contribution in [1.82, 2.24) is 10.2 Å². The molecule has 1 aliphatic rings. The summed E-state index contributed by atoms with van der Waals surface area (Å²) >= 11 is 0. The maximum absolute atomic E-state index is 13.0. The Hall–Kier alpha value is -3.09. The van der Waals surface area contributed by atoms with E-state index in [1.54, 1.807) is 31.7 Å². The summed E-state index contributed by atoms with van der Waals surface area (Å²) < 4.78 is 5.51. The molecule has 142 valence electrons. The highest BCUT2D eigenvalue weighted by atomic mass is 16.3. The number of urea groups is 1. The van der Waals surface area contributed by atoms with Gasteiger partial charge >= 0.3 is 6.03 Å². The molecule has 7 heteroatoms. The van der Waals surface area contributed by atoms with Crippen LogP contribution in [0.25, 0.3) is 0 Å². The fourth-order valence-corrected chi connectivity index (χ4v) is 3.48. The van der Waals surface area contributed by atoms with Crippen molar-refractivity contribution in [1.29, 1.82) is 0 Å². The molecule has 0 spiro atoms. The Morgan fingerprint density at radius 3 is 2.44 bits per heavy atom. The number of aryl methyl sites for hydroxylation is 2. The van der Waals surface area contributed by atoms with Crippen LogP contribution in [0, 0.1) is 13.8 Å². The van der Waals surface area contributed by atoms with Crippen LogP contribution < -0.4 is 10.2 Å². The van der Waals surface area contributed by atoms with Crippen LogP contribution in [0.15, 0.2) is 40.8 Å². The second kappa shape index (κ2) is 6.90. The number of furan rings is 1. The number of hydrogen-bond acceptors (Lipinski definition) is 4. The number of amides is 4. The van der Waals surface area contributed by atoms with E-state index in [0.717, 1.165) is 10.6 Å². The molecule has 1 aliphatic heterocycles. The monoisotopic (exact) mass is 369 g/mol. The first-order chi connectivity index (χ1) is 12.8. The van der Waals surface area contributed by atoms with Gasteiger partial charge in [0.1, 0.15) is 23.6 Å². The highest BCUT2D eigenvalue weighted by Gasteiger charge is 2.51. The first-order valence-electron chi connectivity index (χ1n) is 8.85. The van der Waals surface area contributed by atoms with Crippen LogP contribution in [-0.4, -0.2) is 35.8 Å². The minimum absolute atomic E-state index is 0.321. The van der Waals surface area contributed by atoms with Gasteiger partial charge in [-0.15, -0.1) is 0 Å². The van der Waals surface area contributed by atoms with Crippen LogP contribution in [0.4, 0.5) is 10.5 Å². The second-order valence-corrected chi connectivity index (χ2v) is 6.75. The largest absolute Gasteiger partial charge is 0.466 e. The minimum atomic E-state index is -1.25. The molecule has 1 fully saturated rings. The molecule has 1 N–H and O–H groups in total. The van der Waals surface area contributed by atoms with Crippen molar-refractivity contribution in [3.05, 3.63) is 53.5 Å². The average Bonchev–Trinajstić information content (AvgIpc) is 3.08. The van der Waals surface area contributed by atoms with Crippen molar-refractivity contribution in [2.75, 3.05) is 18.0 Å². The molecule has 1 atom stereocenters. The molecule has 7 nitrogen and oxygen atoms in total. The van der Waals surface area contributed by atoms with Gasteiger partial charge in [-0.05, 0) is 45.9 Å². The zero-order valence-electron chi connectivity index (χ0n) is 15.9. The normalized spacial score (nSPS) is 19.3. The molecular formula is C20H23N3O4. The number of rotatable bonds is 5. The fourth-order valence-electron chi connectivity index (χ4n) is 3.48. The number of imide groups is 1. The molecule has 1 aromatic heterocycles. The van der Waals surface area contributed by atoms with E-state index in [1.807, 2.05) is 37.3 Å². The molecule has 0 radical (unpaired) electrons. The van der Waals surface area contributed by atoms with Crippen molar-refractivity contribution < 1.29 is 18.8 Å². The van der Waals surface area contributed by atoms with Crippen LogP contribution in [0.2, 0.25) is 0 Å². The molecule has 3 rings (SSSR count). The Balaban J connectivity index is 1.83. The zero-order valence-corrected chi connectivity index (χ0v) is 15.9. The minimum Gasteiger partial charge on any atom is -0.466 e. The van der Waals surface area contributed by atoms with Gasteiger partial charge in [-0.2, -0.15) is 0 Å². The molecule has 2 heterocycles. The summed E-state index contributed by atoms with van der Waals surface area (Å²) in [5.41, 5.74) is 0.0769. The highest BCUT2D eigenvalue weighted by molar-refractivity contribution is 6.10. The van der Waals surface area contributed by atoms with Gasteiger partial charge in [0, 0.05) is 17.8 Å². The molecule has 4 amide bonds. The molecule has 27 heavy (non-hydrogen) atoms. The molecule has 0 aliphatic carbocycles. The topological polar surface area (TPSA) is 82.9 Å². The Labute approximate surface area is 157 Å². The third-order valence-electron chi connectivity index (χ3n) is 4.83. The van der Waals surface area contributed by atoms with Crippen molar-refractivity contribution in [2.24, 2.45) is 0 Å². The Kier molecular flexibility index (Phi) is 4.78. The summed E-state index contributed by atoms with van der Waals surface area (Å²) in [5.74, 6) is 0.434. The number of para-hydroxylation sites is 1. The van der Waals surface area contributed by atoms with Crippen LogP contribution in [0.3, 0.4) is 0 Å². The summed E-state index contributed by atoms with van der Waals surface area (Å²) in [5, 5.41) is 2.71. The zero-order chi connectivity index (χ0) is 19.8. The number of carbonyl (C=O) groups is 3. The van der Waals surface area contributed by atoms with E-state index in [4.69, 9.17) is 4.42 Å². The van der Waals surface area contributed by atoms with Gasteiger partial charge in [-0.1, -0.05) is 18.2 Å². The Bertz CT molecular complexity index is 890. The molecule has 1 unspecified atom stereocenters.